The Balaban J connectivity index is 2.30. The minimum absolute atomic E-state index is 0.0740. The van der Waals surface area contributed by atoms with Crippen LogP contribution in [0.1, 0.15) is 60.3 Å². The fourth-order valence-corrected chi connectivity index (χ4v) is 3.23. The van der Waals surface area contributed by atoms with Crippen molar-refractivity contribution >= 4 is 11.9 Å². The second-order valence-corrected chi connectivity index (χ2v) is 7.16. The highest BCUT2D eigenvalue weighted by Gasteiger charge is 2.68. The van der Waals surface area contributed by atoms with Crippen LogP contribution in [0.25, 0.3) is 0 Å². The van der Waals surface area contributed by atoms with Crippen LogP contribution < -0.4 is 5.32 Å². The summed E-state index contributed by atoms with van der Waals surface area (Å²) in [5.74, 6) is -0.122. The van der Waals surface area contributed by atoms with E-state index in [1.54, 1.807) is 0 Å². The van der Waals surface area contributed by atoms with Gasteiger partial charge in [0.25, 0.3) is 0 Å². The number of carbonyl (C=O) groups is 2. The van der Waals surface area contributed by atoms with Crippen molar-refractivity contribution in [3.05, 3.63) is 0 Å². The summed E-state index contributed by atoms with van der Waals surface area (Å²) in [6.45, 7) is 11.3. The average molecular weight is 283 g/mol. The van der Waals surface area contributed by atoms with Gasteiger partial charge in [-0.15, -0.1) is 0 Å². The highest BCUT2D eigenvalue weighted by molar-refractivity contribution is 5.84. The molecule has 1 aliphatic carbocycles. The van der Waals surface area contributed by atoms with Crippen molar-refractivity contribution in [1.82, 2.24) is 5.32 Å². The predicted molar refractivity (Wildman–Crippen MR) is 79.3 cm³/mol. The quantitative estimate of drug-likeness (QED) is 0.719. The van der Waals surface area contributed by atoms with E-state index in [1.807, 2.05) is 0 Å². The first kappa shape index (κ1) is 17.0. The standard InChI is InChI=1S/C16H29NO3/c1-6-11(7-8-12(18)19)9-10-17-14(20)13-15(2,3)16(13,4)5/h11,13H,6-10H2,1-5H3,(H,17,20)(H,18,19). The van der Waals surface area contributed by atoms with E-state index in [2.05, 4.69) is 39.9 Å². The lowest BCUT2D eigenvalue weighted by Crippen LogP contribution is -2.29. The molecular weight excluding hydrogens is 254 g/mol. The maximum absolute atomic E-state index is 12.2. The van der Waals surface area contributed by atoms with Crippen LogP contribution in [-0.2, 0) is 9.59 Å². The minimum Gasteiger partial charge on any atom is -0.481 e. The summed E-state index contributed by atoms with van der Waals surface area (Å²) in [6.07, 6.45) is 2.74. The normalized spacial score (nSPS) is 21.2. The van der Waals surface area contributed by atoms with E-state index in [9.17, 15) is 9.59 Å². The van der Waals surface area contributed by atoms with Gasteiger partial charge in [0.05, 0.1) is 0 Å². The lowest BCUT2D eigenvalue weighted by Gasteiger charge is -2.14. The van der Waals surface area contributed by atoms with E-state index in [0.717, 1.165) is 12.8 Å². The molecule has 0 aromatic carbocycles. The number of hydrogen-bond donors (Lipinski definition) is 2. The number of hydrogen-bond acceptors (Lipinski definition) is 2. The molecule has 0 radical (unpaired) electrons. The SMILES string of the molecule is CCC(CCNC(=O)C1C(C)(C)C1(C)C)CCC(=O)O. The Hall–Kier alpha value is -1.06. The lowest BCUT2D eigenvalue weighted by atomic mass is 9.96. The molecule has 1 fully saturated rings. The molecule has 116 valence electrons. The second kappa shape index (κ2) is 6.15. The van der Waals surface area contributed by atoms with Crippen molar-refractivity contribution in [2.24, 2.45) is 22.7 Å². The van der Waals surface area contributed by atoms with Gasteiger partial charge in [-0.05, 0) is 29.6 Å². The molecular formula is C16H29NO3. The van der Waals surface area contributed by atoms with E-state index >= 15 is 0 Å². The molecule has 1 amide bonds. The number of carboxylic acid groups (broad SMARTS) is 1. The molecule has 4 heteroatoms. The Morgan fingerprint density at radius 1 is 1.15 bits per heavy atom. The molecule has 0 heterocycles. The molecule has 0 saturated heterocycles. The van der Waals surface area contributed by atoms with Crippen LogP contribution in [0.4, 0.5) is 0 Å². The summed E-state index contributed by atoms with van der Waals surface area (Å²) in [6, 6.07) is 0. The van der Waals surface area contributed by atoms with Crippen molar-refractivity contribution in [1.29, 1.82) is 0 Å². The van der Waals surface area contributed by atoms with Gasteiger partial charge in [-0.3, -0.25) is 9.59 Å². The van der Waals surface area contributed by atoms with E-state index < -0.39 is 5.97 Å². The van der Waals surface area contributed by atoms with Crippen LogP contribution >= 0.6 is 0 Å². The number of aliphatic carboxylic acids is 1. The molecule has 20 heavy (non-hydrogen) atoms. The summed E-state index contributed by atoms with van der Waals surface area (Å²) in [5, 5.41) is 11.7. The molecule has 0 spiro atoms. The molecule has 1 unspecified atom stereocenters. The first-order valence-electron chi connectivity index (χ1n) is 7.64. The topological polar surface area (TPSA) is 66.4 Å². The van der Waals surface area contributed by atoms with E-state index in [4.69, 9.17) is 5.11 Å². The van der Waals surface area contributed by atoms with Gasteiger partial charge in [0.1, 0.15) is 0 Å². The summed E-state index contributed by atoms with van der Waals surface area (Å²) in [4.78, 5) is 22.7. The Morgan fingerprint density at radius 2 is 1.70 bits per heavy atom. The Morgan fingerprint density at radius 3 is 2.10 bits per heavy atom. The van der Waals surface area contributed by atoms with Crippen LogP contribution in [0.5, 0.6) is 0 Å². The summed E-state index contributed by atoms with van der Waals surface area (Å²) < 4.78 is 0. The van der Waals surface area contributed by atoms with Gasteiger partial charge >= 0.3 is 5.97 Å². The number of carboxylic acids is 1. The van der Waals surface area contributed by atoms with Gasteiger partial charge in [0.15, 0.2) is 0 Å². The maximum atomic E-state index is 12.2. The summed E-state index contributed by atoms with van der Waals surface area (Å²) in [5.41, 5.74) is 0.148. The number of amides is 1. The van der Waals surface area contributed by atoms with Crippen LogP contribution in [0.2, 0.25) is 0 Å². The molecule has 2 N–H and O–H groups in total. The minimum atomic E-state index is -0.742. The zero-order valence-electron chi connectivity index (χ0n) is 13.5. The number of rotatable bonds is 8. The van der Waals surface area contributed by atoms with Gasteiger partial charge in [0.2, 0.25) is 5.91 Å². The molecule has 0 aromatic heterocycles. The third-order valence-electron chi connectivity index (χ3n) is 5.48. The highest BCUT2D eigenvalue weighted by Crippen LogP contribution is 2.68. The largest absolute Gasteiger partial charge is 0.481 e. The van der Waals surface area contributed by atoms with Crippen molar-refractivity contribution in [2.75, 3.05) is 6.54 Å². The van der Waals surface area contributed by atoms with E-state index in [0.29, 0.717) is 18.9 Å². The van der Waals surface area contributed by atoms with Gasteiger partial charge in [-0.2, -0.15) is 0 Å². The fraction of sp³-hybridized carbons (Fsp3) is 0.875. The molecule has 4 nitrogen and oxygen atoms in total. The smallest absolute Gasteiger partial charge is 0.303 e. The van der Waals surface area contributed by atoms with Crippen molar-refractivity contribution in [2.45, 2.75) is 60.3 Å². The first-order valence-corrected chi connectivity index (χ1v) is 7.64. The van der Waals surface area contributed by atoms with Crippen LogP contribution in [-0.4, -0.2) is 23.5 Å². The molecule has 1 rings (SSSR count). The van der Waals surface area contributed by atoms with Crippen molar-refractivity contribution < 1.29 is 14.7 Å². The van der Waals surface area contributed by atoms with Crippen LogP contribution in [0.15, 0.2) is 0 Å². The van der Waals surface area contributed by atoms with Gasteiger partial charge < -0.3 is 10.4 Å². The third kappa shape index (κ3) is 3.53. The van der Waals surface area contributed by atoms with Crippen molar-refractivity contribution in [3.8, 4) is 0 Å². The zero-order valence-corrected chi connectivity index (χ0v) is 13.5. The molecule has 0 aromatic rings. The lowest BCUT2D eigenvalue weighted by molar-refractivity contribution is -0.137. The molecule has 1 aliphatic rings. The van der Waals surface area contributed by atoms with E-state index in [1.165, 1.54) is 0 Å². The summed E-state index contributed by atoms with van der Waals surface area (Å²) >= 11 is 0. The second-order valence-electron chi connectivity index (χ2n) is 7.16. The Labute approximate surface area is 122 Å². The Bertz CT molecular complexity index is 360. The van der Waals surface area contributed by atoms with Gasteiger partial charge in [-0.25, -0.2) is 0 Å². The average Bonchev–Trinajstić information content (AvgIpc) is 2.73. The fourth-order valence-electron chi connectivity index (χ4n) is 3.23. The van der Waals surface area contributed by atoms with E-state index in [-0.39, 0.29) is 29.1 Å². The Kier molecular flexibility index (Phi) is 5.22. The van der Waals surface area contributed by atoms with Crippen molar-refractivity contribution in [3.63, 3.8) is 0 Å². The van der Waals surface area contributed by atoms with Crippen LogP contribution in [0, 0.1) is 22.7 Å². The molecule has 1 saturated carbocycles. The first-order chi connectivity index (χ1) is 9.14. The third-order valence-corrected chi connectivity index (χ3v) is 5.48. The zero-order chi connectivity index (χ0) is 15.6. The van der Waals surface area contributed by atoms with Gasteiger partial charge in [0, 0.05) is 18.9 Å². The predicted octanol–water partition coefficient (Wildman–Crippen LogP) is 3.07. The van der Waals surface area contributed by atoms with Crippen LogP contribution in [0.3, 0.4) is 0 Å². The molecule has 0 aliphatic heterocycles. The number of carbonyl (C=O) groups excluding carboxylic acids is 1. The molecule has 1 atom stereocenters. The molecule has 0 bridgehead atoms. The monoisotopic (exact) mass is 283 g/mol. The van der Waals surface area contributed by atoms with Gasteiger partial charge in [-0.1, -0.05) is 41.0 Å². The summed E-state index contributed by atoms with van der Waals surface area (Å²) in [7, 11) is 0. The maximum Gasteiger partial charge on any atom is 0.303 e. The highest BCUT2D eigenvalue weighted by atomic mass is 16.4. The number of nitrogens with one attached hydrogen (secondary N) is 1.